The van der Waals surface area contributed by atoms with Gasteiger partial charge >= 0.3 is 0 Å². The van der Waals surface area contributed by atoms with E-state index in [4.69, 9.17) is 0 Å². The van der Waals surface area contributed by atoms with Crippen LogP contribution in [0.3, 0.4) is 0 Å². The molecule has 22 heavy (non-hydrogen) atoms. The molecule has 4 heterocycles. The average molecular weight is 356 g/mol. The van der Waals surface area contributed by atoms with Crippen LogP contribution in [-0.4, -0.2) is 29.4 Å². The van der Waals surface area contributed by atoms with E-state index in [0.717, 1.165) is 15.8 Å². The quantitative estimate of drug-likeness (QED) is 0.611. The van der Waals surface area contributed by atoms with Gasteiger partial charge in [-0.15, -0.1) is 0 Å². The molecule has 0 saturated heterocycles. The van der Waals surface area contributed by atoms with Gasteiger partial charge in [0.05, 0.1) is 17.4 Å². The molecule has 0 spiro atoms. The summed E-state index contributed by atoms with van der Waals surface area (Å²) in [5.41, 5.74) is 1.80. The van der Waals surface area contributed by atoms with E-state index in [0.29, 0.717) is 11.8 Å². The lowest BCUT2D eigenvalue weighted by atomic mass is 10.3. The fourth-order valence-corrected chi connectivity index (χ4v) is 2.41. The zero-order chi connectivity index (χ0) is 14.9. The SMILES string of the molecule is Brc1ccn(-c2ccnc(Nc3cnn4ccccc34)n2)n1. The van der Waals surface area contributed by atoms with Gasteiger partial charge in [0.1, 0.15) is 4.60 Å². The Morgan fingerprint density at radius 2 is 2.05 bits per heavy atom. The molecule has 7 nitrogen and oxygen atoms in total. The highest BCUT2D eigenvalue weighted by atomic mass is 79.9. The van der Waals surface area contributed by atoms with Gasteiger partial charge in [0, 0.05) is 24.7 Å². The van der Waals surface area contributed by atoms with Gasteiger partial charge in [-0.25, -0.2) is 14.2 Å². The van der Waals surface area contributed by atoms with E-state index < -0.39 is 0 Å². The van der Waals surface area contributed by atoms with Crippen LogP contribution in [0.2, 0.25) is 0 Å². The minimum atomic E-state index is 0.489. The summed E-state index contributed by atoms with van der Waals surface area (Å²) in [7, 11) is 0. The average Bonchev–Trinajstić information content (AvgIpc) is 3.15. The van der Waals surface area contributed by atoms with Crippen molar-refractivity contribution in [1.29, 1.82) is 0 Å². The van der Waals surface area contributed by atoms with Crippen LogP contribution in [0.25, 0.3) is 11.3 Å². The van der Waals surface area contributed by atoms with E-state index in [1.54, 1.807) is 27.7 Å². The van der Waals surface area contributed by atoms with E-state index >= 15 is 0 Å². The van der Waals surface area contributed by atoms with Crippen LogP contribution in [0.1, 0.15) is 0 Å². The van der Waals surface area contributed by atoms with Crippen LogP contribution in [-0.2, 0) is 0 Å². The van der Waals surface area contributed by atoms with Crippen LogP contribution in [0.15, 0.2) is 59.7 Å². The van der Waals surface area contributed by atoms with Crippen molar-refractivity contribution in [2.45, 2.75) is 0 Å². The molecule has 4 aromatic heterocycles. The van der Waals surface area contributed by atoms with E-state index in [1.807, 2.05) is 36.7 Å². The van der Waals surface area contributed by atoms with Crippen molar-refractivity contribution in [2.75, 3.05) is 5.32 Å². The lowest BCUT2D eigenvalue weighted by Crippen LogP contribution is -2.03. The van der Waals surface area contributed by atoms with Crippen LogP contribution in [0, 0.1) is 0 Å². The Morgan fingerprint density at radius 1 is 1.09 bits per heavy atom. The molecule has 0 fully saturated rings. The van der Waals surface area contributed by atoms with E-state index in [9.17, 15) is 0 Å². The van der Waals surface area contributed by atoms with Crippen molar-refractivity contribution in [3.8, 4) is 5.82 Å². The molecular formula is C14H10BrN7. The minimum absolute atomic E-state index is 0.489. The Morgan fingerprint density at radius 3 is 2.91 bits per heavy atom. The van der Waals surface area contributed by atoms with Gasteiger partial charge in [0.2, 0.25) is 5.95 Å². The molecule has 0 aliphatic heterocycles. The number of nitrogens with one attached hydrogen (secondary N) is 1. The third-order valence-electron chi connectivity index (χ3n) is 3.11. The highest BCUT2D eigenvalue weighted by molar-refractivity contribution is 9.10. The molecule has 4 rings (SSSR count). The fourth-order valence-electron chi connectivity index (χ4n) is 2.12. The van der Waals surface area contributed by atoms with Crippen molar-refractivity contribution in [2.24, 2.45) is 0 Å². The number of halogens is 1. The zero-order valence-corrected chi connectivity index (χ0v) is 12.8. The van der Waals surface area contributed by atoms with Crippen LogP contribution >= 0.6 is 15.9 Å². The number of aromatic nitrogens is 6. The maximum Gasteiger partial charge on any atom is 0.229 e. The molecule has 8 heteroatoms. The first kappa shape index (κ1) is 13.0. The Kier molecular flexibility index (Phi) is 3.08. The Labute approximate surface area is 133 Å². The third kappa shape index (κ3) is 2.33. The molecule has 0 radical (unpaired) electrons. The number of pyridine rings is 1. The first-order valence-corrected chi connectivity index (χ1v) is 7.33. The molecule has 0 amide bonds. The van der Waals surface area contributed by atoms with E-state index in [2.05, 4.69) is 41.4 Å². The van der Waals surface area contributed by atoms with Gasteiger partial charge in [-0.2, -0.15) is 15.2 Å². The summed E-state index contributed by atoms with van der Waals surface area (Å²) in [5.74, 6) is 1.17. The van der Waals surface area contributed by atoms with Crippen molar-refractivity contribution in [1.82, 2.24) is 29.4 Å². The van der Waals surface area contributed by atoms with E-state index in [-0.39, 0.29) is 0 Å². The number of hydrogen-bond acceptors (Lipinski definition) is 5. The predicted octanol–water partition coefficient (Wildman–Crippen LogP) is 2.82. The number of nitrogens with zero attached hydrogens (tertiary/aromatic N) is 6. The lowest BCUT2D eigenvalue weighted by molar-refractivity contribution is 0.834. The summed E-state index contributed by atoms with van der Waals surface area (Å²) in [4.78, 5) is 8.70. The maximum absolute atomic E-state index is 4.46. The molecule has 0 aliphatic carbocycles. The van der Waals surface area contributed by atoms with Gasteiger partial charge < -0.3 is 5.32 Å². The Bertz CT molecular complexity index is 943. The largest absolute Gasteiger partial charge is 0.321 e. The number of fused-ring (bicyclic) bond motifs is 1. The van der Waals surface area contributed by atoms with Crippen molar-refractivity contribution in [3.63, 3.8) is 0 Å². The first-order valence-electron chi connectivity index (χ1n) is 6.53. The highest BCUT2D eigenvalue weighted by Crippen LogP contribution is 2.19. The third-order valence-corrected chi connectivity index (χ3v) is 3.53. The van der Waals surface area contributed by atoms with Crippen LogP contribution in [0.4, 0.5) is 11.6 Å². The highest BCUT2D eigenvalue weighted by Gasteiger charge is 2.07. The fraction of sp³-hybridized carbons (Fsp3) is 0. The number of anilines is 2. The van der Waals surface area contributed by atoms with Crippen molar-refractivity contribution < 1.29 is 0 Å². The summed E-state index contributed by atoms with van der Waals surface area (Å²) < 4.78 is 4.22. The van der Waals surface area contributed by atoms with E-state index in [1.165, 1.54) is 0 Å². The Balaban J connectivity index is 1.69. The Hall–Kier alpha value is -2.74. The van der Waals surface area contributed by atoms with Gasteiger partial charge in [-0.1, -0.05) is 6.07 Å². The topological polar surface area (TPSA) is 72.9 Å². The standard InChI is InChI=1S/C14H10BrN7/c15-12-5-8-22(20-12)13-4-6-16-14(19-13)18-10-9-17-21-7-2-1-3-11(10)21/h1-9H,(H,16,18,19). The molecular weight excluding hydrogens is 346 g/mol. The summed E-state index contributed by atoms with van der Waals surface area (Å²) >= 11 is 3.32. The molecule has 0 unspecified atom stereocenters. The van der Waals surface area contributed by atoms with Gasteiger partial charge in [-0.3, -0.25) is 0 Å². The van der Waals surface area contributed by atoms with Gasteiger partial charge in [-0.05, 0) is 34.1 Å². The molecule has 1 N–H and O–H groups in total. The molecule has 0 aliphatic rings. The summed E-state index contributed by atoms with van der Waals surface area (Å²) in [6.07, 6.45) is 7.15. The second-order valence-corrected chi connectivity index (χ2v) is 5.35. The first-order chi connectivity index (χ1) is 10.8. The van der Waals surface area contributed by atoms with Crippen molar-refractivity contribution in [3.05, 3.63) is 59.7 Å². The normalized spacial score (nSPS) is 11.0. The predicted molar refractivity (Wildman–Crippen MR) is 85.3 cm³/mol. The minimum Gasteiger partial charge on any atom is -0.321 e. The number of hydrogen-bond donors (Lipinski definition) is 1. The maximum atomic E-state index is 4.46. The van der Waals surface area contributed by atoms with Gasteiger partial charge in [0.15, 0.2) is 5.82 Å². The summed E-state index contributed by atoms with van der Waals surface area (Å²) in [6.45, 7) is 0. The molecule has 0 aromatic carbocycles. The van der Waals surface area contributed by atoms with Crippen LogP contribution < -0.4 is 5.32 Å². The second-order valence-electron chi connectivity index (χ2n) is 4.54. The second kappa shape index (κ2) is 5.23. The molecule has 4 aromatic rings. The summed E-state index contributed by atoms with van der Waals surface area (Å²) in [5, 5.41) is 11.7. The molecule has 108 valence electrons. The summed E-state index contributed by atoms with van der Waals surface area (Å²) in [6, 6.07) is 9.50. The zero-order valence-electron chi connectivity index (χ0n) is 11.3. The lowest BCUT2D eigenvalue weighted by Gasteiger charge is -2.05. The smallest absolute Gasteiger partial charge is 0.229 e. The molecule has 0 bridgehead atoms. The monoisotopic (exact) mass is 355 g/mol. The molecule has 0 saturated carbocycles. The van der Waals surface area contributed by atoms with Gasteiger partial charge in [0.25, 0.3) is 0 Å². The van der Waals surface area contributed by atoms with Crippen LogP contribution in [0.5, 0.6) is 0 Å². The molecule has 0 atom stereocenters. The van der Waals surface area contributed by atoms with Crippen molar-refractivity contribution >= 4 is 33.1 Å². The number of rotatable bonds is 3.